The van der Waals surface area contributed by atoms with Gasteiger partial charge in [0.05, 0.1) is 25.2 Å². The molecular weight excluding hydrogens is 342 g/mol. The first-order valence-electron chi connectivity index (χ1n) is 10.2. The van der Waals surface area contributed by atoms with E-state index in [1.807, 2.05) is 29.2 Å². The van der Waals surface area contributed by atoms with Crippen LogP contribution in [0, 0.1) is 5.41 Å². The van der Waals surface area contributed by atoms with Crippen molar-refractivity contribution < 1.29 is 19.7 Å². The van der Waals surface area contributed by atoms with Crippen molar-refractivity contribution in [2.75, 3.05) is 26.8 Å². The predicted octanol–water partition coefficient (Wildman–Crippen LogP) is 2.88. The van der Waals surface area contributed by atoms with Gasteiger partial charge in [0, 0.05) is 18.5 Å². The number of likely N-dealkylation sites (tertiary alicyclic amines) is 1. The number of carbonyl (C=O) groups excluding carboxylic acids is 1. The number of amides is 1. The van der Waals surface area contributed by atoms with Gasteiger partial charge in [-0.1, -0.05) is 38.3 Å². The second-order valence-electron chi connectivity index (χ2n) is 8.32. The van der Waals surface area contributed by atoms with Gasteiger partial charge in [-0.25, -0.2) is 0 Å². The molecule has 2 fully saturated rings. The van der Waals surface area contributed by atoms with E-state index in [-0.39, 0.29) is 12.5 Å². The number of hydrogen-bond donors (Lipinski definition) is 2. The zero-order chi connectivity index (χ0) is 19.5. The zero-order valence-electron chi connectivity index (χ0n) is 16.6. The highest BCUT2D eigenvalue weighted by atomic mass is 16.5. The van der Waals surface area contributed by atoms with Crippen molar-refractivity contribution in [3.63, 3.8) is 0 Å². The fourth-order valence-corrected chi connectivity index (χ4v) is 5.12. The fourth-order valence-electron chi connectivity index (χ4n) is 5.12. The van der Waals surface area contributed by atoms with Gasteiger partial charge in [0.2, 0.25) is 5.91 Å². The highest BCUT2D eigenvalue weighted by Crippen LogP contribution is 2.45. The highest BCUT2D eigenvalue weighted by molar-refractivity contribution is 5.89. The molecule has 1 aliphatic carbocycles. The maximum atomic E-state index is 13.7. The molecule has 1 aromatic rings. The first-order chi connectivity index (χ1) is 13.0. The van der Waals surface area contributed by atoms with Crippen LogP contribution in [-0.4, -0.2) is 53.9 Å². The molecule has 2 aliphatic rings. The summed E-state index contributed by atoms with van der Waals surface area (Å²) in [4.78, 5) is 15.6. The van der Waals surface area contributed by atoms with Gasteiger partial charge >= 0.3 is 0 Å². The average molecular weight is 376 g/mol. The first kappa shape index (κ1) is 20.2. The summed E-state index contributed by atoms with van der Waals surface area (Å²) in [6, 6.07) is 7.90. The van der Waals surface area contributed by atoms with Crippen LogP contribution in [0.15, 0.2) is 24.3 Å². The number of rotatable bonds is 6. The molecule has 150 valence electrons. The molecule has 5 heteroatoms. The molecule has 1 saturated heterocycles. The Labute approximate surface area is 162 Å². The van der Waals surface area contributed by atoms with Crippen molar-refractivity contribution in [3.05, 3.63) is 29.8 Å². The van der Waals surface area contributed by atoms with Gasteiger partial charge in [0.1, 0.15) is 5.75 Å². The summed E-state index contributed by atoms with van der Waals surface area (Å²) in [5.41, 5.74) is -0.0216. The molecule has 0 bridgehead atoms. The van der Waals surface area contributed by atoms with Crippen LogP contribution >= 0.6 is 0 Å². The highest BCUT2D eigenvalue weighted by Gasteiger charge is 2.49. The van der Waals surface area contributed by atoms with Crippen molar-refractivity contribution in [3.8, 4) is 5.75 Å². The van der Waals surface area contributed by atoms with Crippen LogP contribution in [-0.2, 0) is 10.2 Å². The molecule has 0 radical (unpaired) electrons. The molecule has 1 aromatic carbocycles. The number of piperidine rings is 1. The summed E-state index contributed by atoms with van der Waals surface area (Å²) in [5, 5.41) is 20.6. The third-order valence-corrected chi connectivity index (χ3v) is 6.74. The Balaban J connectivity index is 1.88. The molecule has 1 heterocycles. The Morgan fingerprint density at radius 2 is 1.93 bits per heavy atom. The number of aliphatic hydroxyl groups excluding tert-OH is 2. The second-order valence-corrected chi connectivity index (χ2v) is 8.32. The summed E-state index contributed by atoms with van der Waals surface area (Å²) in [7, 11) is 1.65. The zero-order valence-corrected chi connectivity index (χ0v) is 16.6. The third kappa shape index (κ3) is 3.59. The Morgan fingerprint density at radius 3 is 2.48 bits per heavy atom. The minimum atomic E-state index is -0.595. The number of aliphatic hydroxyl groups is 2. The molecule has 0 aromatic heterocycles. The number of nitrogens with zero attached hydrogens (tertiary/aromatic N) is 1. The topological polar surface area (TPSA) is 70.0 Å². The summed E-state index contributed by atoms with van der Waals surface area (Å²) >= 11 is 0. The van der Waals surface area contributed by atoms with Crippen LogP contribution in [0.2, 0.25) is 0 Å². The number of methoxy groups -OCH3 is 1. The Hall–Kier alpha value is -1.59. The predicted molar refractivity (Wildman–Crippen MR) is 105 cm³/mol. The standard InChI is InChI=1S/C22H33NO4/c1-3-11-21(16-24)15-23(14-10-19(21)25)20(26)22(12-4-5-13-22)17-6-8-18(27-2)9-7-17/h6-9,19,24-25H,3-5,10-16H2,1-2H3/t19-,21-/m0/s1. The van der Waals surface area contributed by atoms with E-state index in [0.717, 1.165) is 49.8 Å². The van der Waals surface area contributed by atoms with E-state index in [0.29, 0.717) is 19.5 Å². The third-order valence-electron chi connectivity index (χ3n) is 6.74. The molecule has 1 amide bonds. The van der Waals surface area contributed by atoms with E-state index in [2.05, 4.69) is 6.92 Å². The molecule has 1 aliphatic heterocycles. The van der Waals surface area contributed by atoms with Crippen molar-refractivity contribution >= 4 is 5.91 Å². The summed E-state index contributed by atoms with van der Waals surface area (Å²) in [5.74, 6) is 0.952. The van der Waals surface area contributed by atoms with E-state index in [1.165, 1.54) is 0 Å². The molecule has 5 nitrogen and oxygen atoms in total. The quantitative estimate of drug-likeness (QED) is 0.802. The largest absolute Gasteiger partial charge is 0.497 e. The SMILES string of the molecule is CCC[C@@]1(CO)CN(C(=O)C2(c3ccc(OC)cc3)CCCC2)CC[C@@H]1O. The maximum Gasteiger partial charge on any atom is 0.233 e. The number of hydrogen-bond acceptors (Lipinski definition) is 4. The molecular formula is C22H33NO4. The summed E-state index contributed by atoms with van der Waals surface area (Å²) in [6.45, 7) is 2.97. The fraction of sp³-hybridized carbons (Fsp3) is 0.682. The van der Waals surface area contributed by atoms with E-state index >= 15 is 0 Å². The maximum absolute atomic E-state index is 13.7. The summed E-state index contributed by atoms with van der Waals surface area (Å²) < 4.78 is 5.27. The Bertz CT molecular complexity index is 638. The van der Waals surface area contributed by atoms with Crippen LogP contribution in [0.25, 0.3) is 0 Å². The van der Waals surface area contributed by atoms with Crippen LogP contribution in [0.3, 0.4) is 0 Å². The normalized spacial score (nSPS) is 27.6. The summed E-state index contributed by atoms with van der Waals surface area (Å²) in [6.07, 6.45) is 5.40. The number of carbonyl (C=O) groups is 1. The van der Waals surface area contributed by atoms with Crippen molar-refractivity contribution in [1.82, 2.24) is 4.90 Å². The van der Waals surface area contributed by atoms with E-state index in [4.69, 9.17) is 4.74 Å². The lowest BCUT2D eigenvalue weighted by Crippen LogP contribution is -2.58. The van der Waals surface area contributed by atoms with Crippen LogP contribution in [0.1, 0.15) is 57.4 Å². The second kappa shape index (κ2) is 8.19. The van der Waals surface area contributed by atoms with Crippen molar-refractivity contribution in [2.24, 2.45) is 5.41 Å². The lowest BCUT2D eigenvalue weighted by Gasteiger charge is -2.47. The van der Waals surface area contributed by atoms with Crippen LogP contribution in [0.5, 0.6) is 5.75 Å². The van der Waals surface area contributed by atoms with Crippen LogP contribution < -0.4 is 4.74 Å². The first-order valence-corrected chi connectivity index (χ1v) is 10.2. The molecule has 27 heavy (non-hydrogen) atoms. The van der Waals surface area contributed by atoms with E-state index in [9.17, 15) is 15.0 Å². The lowest BCUT2D eigenvalue weighted by atomic mass is 9.72. The minimum Gasteiger partial charge on any atom is -0.497 e. The molecule has 1 saturated carbocycles. The van der Waals surface area contributed by atoms with Gasteiger partial charge in [0.25, 0.3) is 0 Å². The van der Waals surface area contributed by atoms with Crippen molar-refractivity contribution in [1.29, 1.82) is 0 Å². The van der Waals surface area contributed by atoms with E-state index < -0.39 is 16.9 Å². The number of ether oxygens (including phenoxy) is 1. The van der Waals surface area contributed by atoms with Crippen molar-refractivity contribution in [2.45, 2.75) is 63.4 Å². The van der Waals surface area contributed by atoms with Crippen LogP contribution in [0.4, 0.5) is 0 Å². The van der Waals surface area contributed by atoms with Gasteiger partial charge in [-0.3, -0.25) is 4.79 Å². The van der Waals surface area contributed by atoms with Gasteiger partial charge in [0.15, 0.2) is 0 Å². The molecule has 3 rings (SSSR count). The monoisotopic (exact) mass is 375 g/mol. The molecule has 2 N–H and O–H groups in total. The van der Waals surface area contributed by atoms with Gasteiger partial charge < -0.3 is 19.8 Å². The molecule has 0 spiro atoms. The van der Waals surface area contributed by atoms with Gasteiger partial charge in [-0.2, -0.15) is 0 Å². The minimum absolute atomic E-state index is 0.0820. The Kier molecular flexibility index (Phi) is 6.11. The van der Waals surface area contributed by atoms with Gasteiger partial charge in [-0.15, -0.1) is 0 Å². The smallest absolute Gasteiger partial charge is 0.233 e. The molecule has 0 unspecified atom stereocenters. The Morgan fingerprint density at radius 1 is 1.26 bits per heavy atom. The average Bonchev–Trinajstić information content (AvgIpc) is 3.20. The number of benzene rings is 1. The lowest BCUT2D eigenvalue weighted by molar-refractivity contribution is -0.148. The van der Waals surface area contributed by atoms with Gasteiger partial charge in [-0.05, 0) is 43.4 Å². The van der Waals surface area contributed by atoms with E-state index in [1.54, 1.807) is 7.11 Å². The molecule has 2 atom stereocenters.